The van der Waals surface area contributed by atoms with Gasteiger partial charge in [-0.2, -0.15) is 10.6 Å². The molecule has 5 rings (SSSR count). The van der Waals surface area contributed by atoms with Crippen LogP contribution in [-0.4, -0.2) is 47.4 Å². The van der Waals surface area contributed by atoms with Crippen LogP contribution in [0.25, 0.3) is 11.8 Å². The highest BCUT2D eigenvalue weighted by Gasteiger charge is 2.35. The largest absolute Gasteiger partial charge is 0.487 e. The summed E-state index contributed by atoms with van der Waals surface area (Å²) in [5.41, 5.74) is 4.06. The van der Waals surface area contributed by atoms with Crippen LogP contribution in [0.2, 0.25) is 5.02 Å². The molecule has 8 nitrogen and oxygen atoms in total. The average Bonchev–Trinajstić information content (AvgIpc) is 2.90. The number of hydrogen-bond acceptors (Lipinski definition) is 7. The van der Waals surface area contributed by atoms with Gasteiger partial charge in [0.05, 0.1) is 16.3 Å². The number of aromatic nitrogens is 2. The van der Waals surface area contributed by atoms with Crippen molar-refractivity contribution in [3.8, 4) is 5.75 Å². The van der Waals surface area contributed by atoms with Gasteiger partial charge in [0.2, 0.25) is 0 Å². The molecule has 2 aromatic heterocycles. The van der Waals surface area contributed by atoms with Gasteiger partial charge in [-0.05, 0) is 66.6 Å². The summed E-state index contributed by atoms with van der Waals surface area (Å²) < 4.78 is 27.0. The van der Waals surface area contributed by atoms with E-state index in [4.69, 9.17) is 16.3 Å². The molecule has 0 radical (unpaired) electrons. The van der Waals surface area contributed by atoms with Crippen molar-refractivity contribution in [3.05, 3.63) is 92.6 Å². The van der Waals surface area contributed by atoms with E-state index in [2.05, 4.69) is 34.6 Å². The molecule has 3 aromatic rings. The molecule has 0 saturated carbocycles. The number of rotatable bonds is 8. The van der Waals surface area contributed by atoms with Crippen LogP contribution in [-0.2, 0) is 19.6 Å². The highest BCUT2D eigenvalue weighted by Crippen LogP contribution is 2.46. The van der Waals surface area contributed by atoms with Crippen molar-refractivity contribution in [3.63, 3.8) is 0 Å². The van der Waals surface area contributed by atoms with Crippen molar-refractivity contribution in [2.24, 2.45) is 0 Å². The van der Waals surface area contributed by atoms with Gasteiger partial charge in [-0.15, -0.1) is 0 Å². The smallest absolute Gasteiger partial charge is 0.258 e. The summed E-state index contributed by atoms with van der Waals surface area (Å²) in [5.74, 6) is 1.01. The van der Waals surface area contributed by atoms with Crippen LogP contribution < -0.4 is 15.6 Å². The molecule has 0 spiro atoms. The average molecular weight is 558 g/mol. The summed E-state index contributed by atoms with van der Waals surface area (Å²) in [4.78, 5) is 17.0. The number of nitrogens with zero attached hydrogens (tertiary/aromatic N) is 2. The summed E-state index contributed by atoms with van der Waals surface area (Å²) in [7, 11) is -2.51. The van der Waals surface area contributed by atoms with Gasteiger partial charge in [-0.3, -0.25) is 23.5 Å². The lowest BCUT2D eigenvalue weighted by atomic mass is 9.93. The first kappa shape index (κ1) is 26.9. The Bertz CT molecular complexity index is 1380. The normalized spacial score (nSPS) is 18.8. The van der Waals surface area contributed by atoms with E-state index < -0.39 is 16.2 Å². The molecule has 38 heavy (non-hydrogen) atoms. The van der Waals surface area contributed by atoms with Crippen molar-refractivity contribution in [2.45, 2.75) is 44.4 Å². The standard InChI is InChI=1S/C28H32ClN3O5S/c29-23-4-5-24(31-17-23)18-37-26-7-10-32(27(33)15-26)25-6-3-21-13-20(1-2-22(21)14-25)16-30-19-28(34)8-11-38(35,36)12-9-28/h1-2,4-5,7,10,13-15,17,30,34-36H,3,6,8-9,11-12,16,18-19H2. The number of hydrogen-bond donors (Lipinski definition) is 4. The molecule has 0 amide bonds. The van der Waals surface area contributed by atoms with Gasteiger partial charge < -0.3 is 15.2 Å². The lowest BCUT2D eigenvalue weighted by Crippen LogP contribution is -2.45. The molecule has 202 valence electrons. The lowest BCUT2D eigenvalue weighted by molar-refractivity contribution is 0.0287. The van der Waals surface area contributed by atoms with E-state index in [9.17, 15) is 19.0 Å². The fraction of sp³-hybridized carbons (Fsp3) is 0.357. The van der Waals surface area contributed by atoms with Gasteiger partial charge in [-0.1, -0.05) is 29.8 Å². The van der Waals surface area contributed by atoms with Crippen LogP contribution in [0, 0.1) is 0 Å². The molecule has 1 aliphatic heterocycles. The van der Waals surface area contributed by atoms with E-state index in [1.165, 1.54) is 11.6 Å². The number of allylic oxidation sites excluding steroid dienone is 1. The van der Waals surface area contributed by atoms with Gasteiger partial charge in [0.1, 0.15) is 12.4 Å². The quantitative estimate of drug-likeness (QED) is 0.315. The van der Waals surface area contributed by atoms with E-state index in [0.29, 0.717) is 36.7 Å². The SMILES string of the molecule is O=c1cc(OCc2ccc(Cl)cn2)ccn1C1=Cc2ccc(CNCC3(O)CCS(O)(O)CC3)cc2CC1. The highest BCUT2D eigenvalue weighted by atomic mass is 35.5. The van der Waals surface area contributed by atoms with Crippen molar-refractivity contribution < 1.29 is 18.9 Å². The van der Waals surface area contributed by atoms with Crippen molar-refractivity contribution >= 4 is 34.0 Å². The van der Waals surface area contributed by atoms with Crippen LogP contribution in [0.3, 0.4) is 0 Å². The zero-order valence-electron chi connectivity index (χ0n) is 21.0. The summed E-state index contributed by atoms with van der Waals surface area (Å²) in [6.07, 6.45) is 7.72. The molecule has 4 N–H and O–H groups in total. The number of benzene rings is 1. The summed E-state index contributed by atoms with van der Waals surface area (Å²) >= 11 is 5.86. The molecular weight excluding hydrogens is 526 g/mol. The number of halogens is 1. The minimum absolute atomic E-state index is 0.149. The van der Waals surface area contributed by atoms with E-state index in [1.807, 2.05) is 0 Å². The Morgan fingerprint density at radius 3 is 2.66 bits per heavy atom. The summed E-state index contributed by atoms with van der Waals surface area (Å²) in [5, 5.41) is 14.6. The number of ether oxygens (including phenoxy) is 1. The number of aliphatic hydroxyl groups is 1. The molecule has 0 atom stereocenters. The maximum Gasteiger partial charge on any atom is 0.258 e. The Labute approximate surface area is 228 Å². The fourth-order valence-corrected chi connectivity index (χ4v) is 6.55. The molecule has 1 fully saturated rings. The first-order valence-corrected chi connectivity index (χ1v) is 14.9. The maximum absolute atomic E-state index is 12.8. The molecule has 10 heteroatoms. The van der Waals surface area contributed by atoms with Crippen molar-refractivity contribution in [2.75, 3.05) is 18.1 Å². The first-order chi connectivity index (χ1) is 18.2. The van der Waals surface area contributed by atoms with Gasteiger partial charge in [-0.25, -0.2) is 0 Å². The zero-order valence-corrected chi connectivity index (χ0v) is 22.5. The maximum atomic E-state index is 12.8. The van der Waals surface area contributed by atoms with Crippen LogP contribution >= 0.6 is 22.2 Å². The number of fused-ring (bicyclic) bond motifs is 1. The Morgan fingerprint density at radius 1 is 1.11 bits per heavy atom. The molecule has 2 aliphatic rings. The first-order valence-electron chi connectivity index (χ1n) is 12.6. The Balaban J connectivity index is 1.19. The van der Waals surface area contributed by atoms with Crippen LogP contribution in [0.5, 0.6) is 5.75 Å². The second-order valence-corrected chi connectivity index (χ2v) is 12.9. The Hall–Kier alpha value is -2.66. The molecule has 3 heterocycles. The molecule has 0 bridgehead atoms. The summed E-state index contributed by atoms with van der Waals surface area (Å²) in [6, 6.07) is 13.1. The second kappa shape index (κ2) is 11.2. The van der Waals surface area contributed by atoms with Crippen molar-refractivity contribution in [1.82, 2.24) is 14.9 Å². The highest BCUT2D eigenvalue weighted by molar-refractivity contribution is 8.24. The third-order valence-corrected chi connectivity index (χ3v) is 9.07. The monoisotopic (exact) mass is 557 g/mol. The number of aryl methyl sites for hydroxylation is 1. The van der Waals surface area contributed by atoms with Gasteiger partial charge >= 0.3 is 0 Å². The molecular formula is C28H32ClN3O5S. The van der Waals surface area contributed by atoms with E-state index in [-0.39, 0.29) is 23.7 Å². The number of nitrogens with one attached hydrogen (secondary N) is 1. The molecule has 1 aliphatic carbocycles. The van der Waals surface area contributed by atoms with Crippen LogP contribution in [0.1, 0.15) is 41.6 Å². The van der Waals surface area contributed by atoms with E-state index >= 15 is 0 Å². The third kappa shape index (κ3) is 6.66. The predicted octanol–water partition coefficient (Wildman–Crippen LogP) is 4.79. The topological polar surface area (TPSA) is 117 Å². The van der Waals surface area contributed by atoms with Crippen LogP contribution in [0.15, 0.2) is 59.7 Å². The third-order valence-electron chi connectivity index (χ3n) is 7.13. The molecule has 1 saturated heterocycles. The van der Waals surface area contributed by atoms with Crippen molar-refractivity contribution in [1.29, 1.82) is 0 Å². The zero-order chi connectivity index (χ0) is 26.8. The van der Waals surface area contributed by atoms with E-state index in [0.717, 1.165) is 35.4 Å². The number of pyridine rings is 2. The van der Waals surface area contributed by atoms with E-state index in [1.54, 1.807) is 35.2 Å². The fourth-order valence-electron chi connectivity index (χ4n) is 4.82. The Kier molecular flexibility index (Phi) is 7.95. The second-order valence-electron chi connectivity index (χ2n) is 10.0. The minimum Gasteiger partial charge on any atom is -0.487 e. The van der Waals surface area contributed by atoms with Gasteiger partial charge in [0.15, 0.2) is 0 Å². The predicted molar refractivity (Wildman–Crippen MR) is 152 cm³/mol. The lowest BCUT2D eigenvalue weighted by Gasteiger charge is -2.43. The van der Waals surface area contributed by atoms with Gasteiger partial charge in [0.25, 0.3) is 5.56 Å². The molecule has 1 aromatic carbocycles. The van der Waals surface area contributed by atoms with Crippen LogP contribution in [0.4, 0.5) is 0 Å². The minimum atomic E-state index is -2.51. The molecule has 0 unspecified atom stereocenters. The Morgan fingerprint density at radius 2 is 1.92 bits per heavy atom. The summed E-state index contributed by atoms with van der Waals surface area (Å²) in [6.45, 7) is 1.29. The van der Waals surface area contributed by atoms with Gasteiger partial charge in [0, 0.05) is 48.8 Å².